The van der Waals surface area contributed by atoms with E-state index in [-0.39, 0.29) is 0 Å². The summed E-state index contributed by atoms with van der Waals surface area (Å²) in [5.74, 6) is 1.11. The Morgan fingerprint density at radius 2 is 2.06 bits per heavy atom. The van der Waals surface area contributed by atoms with Crippen molar-refractivity contribution in [1.29, 1.82) is 0 Å². The van der Waals surface area contributed by atoms with E-state index in [1.807, 2.05) is 0 Å². The van der Waals surface area contributed by atoms with E-state index in [1.165, 1.54) is 23.2 Å². The second-order valence-corrected chi connectivity index (χ2v) is 5.35. The van der Waals surface area contributed by atoms with Gasteiger partial charge in [-0.15, -0.1) is 11.3 Å². The van der Waals surface area contributed by atoms with Gasteiger partial charge in [0.2, 0.25) is 0 Å². The smallest absolute Gasteiger partial charge is 0.151 e. The number of aryl methyl sites for hydroxylation is 1. The van der Waals surface area contributed by atoms with Crippen LogP contribution in [0.3, 0.4) is 0 Å². The molecular weight excluding hydrogens is 240 g/mol. The van der Waals surface area contributed by atoms with Crippen molar-refractivity contribution in [1.82, 2.24) is 9.55 Å². The zero-order valence-corrected chi connectivity index (χ0v) is 11.3. The first-order chi connectivity index (χ1) is 8.90. The van der Waals surface area contributed by atoms with Gasteiger partial charge in [0.1, 0.15) is 0 Å². The first-order valence-corrected chi connectivity index (χ1v) is 7.27. The maximum atomic E-state index is 4.78. The normalized spacial score (nSPS) is 11.2. The van der Waals surface area contributed by atoms with Crippen LogP contribution in [-0.4, -0.2) is 9.55 Å². The minimum absolute atomic E-state index is 1.05. The van der Waals surface area contributed by atoms with Crippen molar-refractivity contribution in [2.24, 2.45) is 0 Å². The lowest BCUT2D eigenvalue weighted by molar-refractivity contribution is 0.651. The van der Waals surface area contributed by atoms with Crippen LogP contribution in [0, 0.1) is 0 Å². The molecule has 0 N–H and O–H groups in total. The minimum Gasteiger partial charge on any atom is -0.323 e. The molecule has 18 heavy (non-hydrogen) atoms. The summed E-state index contributed by atoms with van der Waals surface area (Å²) in [4.78, 5) is 6.03. The Labute approximate surface area is 111 Å². The zero-order chi connectivity index (χ0) is 12.4. The number of fused-ring (bicyclic) bond motifs is 1. The van der Waals surface area contributed by atoms with Crippen LogP contribution in [0.2, 0.25) is 0 Å². The predicted octanol–water partition coefficient (Wildman–Crippen LogP) is 4.56. The molecule has 2 aromatic heterocycles. The van der Waals surface area contributed by atoms with Gasteiger partial charge in [-0.1, -0.05) is 31.5 Å². The van der Waals surface area contributed by atoms with E-state index in [4.69, 9.17) is 4.98 Å². The maximum absolute atomic E-state index is 4.78. The Kier molecular flexibility index (Phi) is 3.15. The highest BCUT2D eigenvalue weighted by atomic mass is 32.1. The lowest BCUT2D eigenvalue weighted by atomic mass is 10.3. The van der Waals surface area contributed by atoms with E-state index in [1.54, 1.807) is 11.3 Å². The fraction of sp³-hybridized carbons (Fsp3) is 0.267. The molecule has 3 aromatic rings. The highest BCUT2D eigenvalue weighted by molar-refractivity contribution is 7.13. The van der Waals surface area contributed by atoms with Gasteiger partial charge in [0.15, 0.2) is 5.82 Å². The largest absolute Gasteiger partial charge is 0.323 e. The third kappa shape index (κ3) is 1.95. The van der Waals surface area contributed by atoms with Gasteiger partial charge in [-0.3, -0.25) is 0 Å². The van der Waals surface area contributed by atoms with Gasteiger partial charge in [0.05, 0.1) is 15.9 Å². The number of imidazole rings is 1. The average molecular weight is 256 g/mol. The summed E-state index contributed by atoms with van der Waals surface area (Å²) in [6.45, 7) is 3.27. The minimum atomic E-state index is 1.05. The van der Waals surface area contributed by atoms with E-state index in [9.17, 15) is 0 Å². The van der Waals surface area contributed by atoms with Crippen molar-refractivity contribution < 1.29 is 0 Å². The van der Waals surface area contributed by atoms with Crippen molar-refractivity contribution in [3.63, 3.8) is 0 Å². The molecule has 3 heteroatoms. The molecule has 0 saturated carbocycles. The quantitative estimate of drug-likeness (QED) is 0.669. The van der Waals surface area contributed by atoms with E-state index < -0.39 is 0 Å². The van der Waals surface area contributed by atoms with Crippen LogP contribution < -0.4 is 0 Å². The number of aromatic nitrogens is 2. The third-order valence-electron chi connectivity index (χ3n) is 3.13. The Morgan fingerprint density at radius 1 is 1.17 bits per heavy atom. The number of benzene rings is 1. The van der Waals surface area contributed by atoms with Gasteiger partial charge in [-0.05, 0) is 30.0 Å². The van der Waals surface area contributed by atoms with Crippen molar-refractivity contribution in [3.8, 4) is 10.7 Å². The predicted molar refractivity (Wildman–Crippen MR) is 78.0 cm³/mol. The number of hydrogen-bond acceptors (Lipinski definition) is 2. The van der Waals surface area contributed by atoms with Gasteiger partial charge >= 0.3 is 0 Å². The standard InChI is InChI=1S/C15H16N2S/c1-2-3-10-17-13-8-5-4-7-12(13)16-15(17)14-9-6-11-18-14/h4-9,11H,2-3,10H2,1H3. The van der Waals surface area contributed by atoms with E-state index >= 15 is 0 Å². The van der Waals surface area contributed by atoms with Crippen LogP contribution in [0.25, 0.3) is 21.7 Å². The molecule has 0 aliphatic heterocycles. The molecule has 0 fully saturated rings. The SMILES string of the molecule is CCCCn1c(-c2cccs2)nc2ccccc21. The van der Waals surface area contributed by atoms with Crippen molar-refractivity contribution in [3.05, 3.63) is 41.8 Å². The Morgan fingerprint density at radius 3 is 2.83 bits per heavy atom. The average Bonchev–Trinajstić information content (AvgIpc) is 3.03. The molecule has 1 aromatic carbocycles. The van der Waals surface area contributed by atoms with Gasteiger partial charge in [0, 0.05) is 6.54 Å². The highest BCUT2D eigenvalue weighted by Gasteiger charge is 2.12. The van der Waals surface area contributed by atoms with Gasteiger partial charge in [-0.25, -0.2) is 4.98 Å². The van der Waals surface area contributed by atoms with Gasteiger partial charge in [-0.2, -0.15) is 0 Å². The van der Waals surface area contributed by atoms with Crippen molar-refractivity contribution in [2.75, 3.05) is 0 Å². The fourth-order valence-electron chi connectivity index (χ4n) is 2.21. The summed E-state index contributed by atoms with van der Waals surface area (Å²) in [5, 5.41) is 2.11. The van der Waals surface area contributed by atoms with Crippen LogP contribution in [0.15, 0.2) is 41.8 Å². The highest BCUT2D eigenvalue weighted by Crippen LogP contribution is 2.28. The molecule has 92 valence electrons. The molecule has 0 spiro atoms. The summed E-state index contributed by atoms with van der Waals surface area (Å²) >= 11 is 1.76. The maximum Gasteiger partial charge on any atom is 0.151 e. The van der Waals surface area contributed by atoms with Crippen molar-refractivity contribution >= 4 is 22.4 Å². The summed E-state index contributed by atoms with van der Waals surface area (Å²) in [6, 6.07) is 12.6. The first kappa shape index (κ1) is 11.5. The number of rotatable bonds is 4. The third-order valence-corrected chi connectivity index (χ3v) is 4.00. The Hall–Kier alpha value is -1.61. The molecule has 0 atom stereocenters. The van der Waals surface area contributed by atoms with Crippen LogP contribution >= 0.6 is 11.3 Å². The molecule has 0 aliphatic rings. The molecule has 2 nitrogen and oxygen atoms in total. The summed E-state index contributed by atoms with van der Waals surface area (Å²) in [5.41, 5.74) is 2.34. The van der Waals surface area contributed by atoms with Crippen molar-refractivity contribution in [2.45, 2.75) is 26.3 Å². The second kappa shape index (κ2) is 4.94. The molecular formula is C15H16N2S. The lowest BCUT2D eigenvalue weighted by Gasteiger charge is -2.06. The molecule has 2 heterocycles. The van der Waals surface area contributed by atoms with Crippen LogP contribution in [-0.2, 0) is 6.54 Å². The second-order valence-electron chi connectivity index (χ2n) is 4.41. The molecule has 0 amide bonds. The van der Waals surface area contributed by atoms with E-state index in [0.717, 1.165) is 17.9 Å². The first-order valence-electron chi connectivity index (χ1n) is 6.39. The monoisotopic (exact) mass is 256 g/mol. The fourth-order valence-corrected chi connectivity index (χ4v) is 2.93. The number of unbranched alkanes of at least 4 members (excludes halogenated alkanes) is 1. The summed E-state index contributed by atoms with van der Waals surface area (Å²) in [7, 11) is 0. The Bertz CT molecular complexity index is 638. The molecule has 0 unspecified atom stereocenters. The number of thiophene rings is 1. The number of hydrogen-bond donors (Lipinski definition) is 0. The van der Waals surface area contributed by atoms with E-state index in [0.29, 0.717) is 0 Å². The van der Waals surface area contributed by atoms with Gasteiger partial charge in [0.25, 0.3) is 0 Å². The molecule has 0 bridgehead atoms. The molecule has 3 rings (SSSR count). The van der Waals surface area contributed by atoms with Crippen LogP contribution in [0.5, 0.6) is 0 Å². The zero-order valence-electron chi connectivity index (χ0n) is 10.5. The van der Waals surface area contributed by atoms with Gasteiger partial charge < -0.3 is 4.57 Å². The molecule has 0 saturated heterocycles. The van der Waals surface area contributed by atoms with Crippen LogP contribution in [0.4, 0.5) is 0 Å². The molecule has 0 radical (unpaired) electrons. The Balaban J connectivity index is 2.17. The summed E-state index contributed by atoms with van der Waals surface area (Å²) < 4.78 is 2.35. The molecule has 0 aliphatic carbocycles. The topological polar surface area (TPSA) is 17.8 Å². The van der Waals surface area contributed by atoms with Crippen LogP contribution in [0.1, 0.15) is 19.8 Å². The summed E-state index contributed by atoms with van der Waals surface area (Å²) in [6.07, 6.45) is 2.40. The number of nitrogens with zero attached hydrogens (tertiary/aromatic N) is 2. The lowest BCUT2D eigenvalue weighted by Crippen LogP contribution is -1.99. The van der Waals surface area contributed by atoms with E-state index in [2.05, 4.69) is 53.3 Å². The number of para-hydroxylation sites is 2.